The monoisotopic (exact) mass is 317 g/mol. The number of ketones is 1. The summed E-state index contributed by atoms with van der Waals surface area (Å²) in [5.74, 6) is 0.115. The van der Waals surface area contributed by atoms with Gasteiger partial charge in [0.1, 0.15) is 18.4 Å². The predicted molar refractivity (Wildman–Crippen MR) is 90.0 cm³/mol. The Balaban J connectivity index is 1.51. The van der Waals surface area contributed by atoms with Crippen LogP contribution in [0, 0.1) is 0 Å². The number of aromatic nitrogens is 3. The van der Waals surface area contributed by atoms with Crippen molar-refractivity contribution in [1.82, 2.24) is 14.7 Å². The van der Waals surface area contributed by atoms with E-state index in [-0.39, 0.29) is 5.78 Å². The molecule has 0 bridgehead atoms. The summed E-state index contributed by atoms with van der Waals surface area (Å²) in [6.07, 6.45) is 3.98. The molecule has 0 aliphatic rings. The van der Waals surface area contributed by atoms with Gasteiger partial charge in [0.25, 0.3) is 0 Å². The summed E-state index contributed by atoms with van der Waals surface area (Å²) in [7, 11) is 0. The van der Waals surface area contributed by atoms with Gasteiger partial charge >= 0.3 is 0 Å². The highest BCUT2D eigenvalue weighted by molar-refractivity contribution is 5.82. The number of nitrogens with zero attached hydrogens (tertiary/aromatic N) is 3. The molecule has 0 N–H and O–H groups in total. The van der Waals surface area contributed by atoms with Crippen LogP contribution in [0.1, 0.15) is 11.3 Å². The Morgan fingerprint density at radius 2 is 1.83 bits per heavy atom. The number of hydrogen-bond donors (Lipinski definition) is 0. The average Bonchev–Trinajstić information content (AvgIpc) is 3.25. The average molecular weight is 317 g/mol. The lowest BCUT2D eigenvalue weighted by atomic mass is 10.1. The summed E-state index contributed by atoms with van der Waals surface area (Å²) in [6, 6.07) is 17.7. The highest BCUT2D eigenvalue weighted by Crippen LogP contribution is 2.18. The number of imidazole rings is 1. The van der Waals surface area contributed by atoms with Gasteiger partial charge in [0.05, 0.1) is 23.1 Å². The Bertz CT molecular complexity index is 969. The summed E-state index contributed by atoms with van der Waals surface area (Å²) >= 11 is 0. The fourth-order valence-corrected chi connectivity index (χ4v) is 2.76. The molecule has 2 aromatic carbocycles. The largest absolute Gasteiger partial charge is 0.364 e. The van der Waals surface area contributed by atoms with Crippen molar-refractivity contribution in [3.8, 4) is 5.69 Å². The van der Waals surface area contributed by atoms with Crippen LogP contribution in [0.3, 0.4) is 0 Å². The molecule has 4 aromatic rings. The quantitative estimate of drug-likeness (QED) is 0.566. The van der Waals surface area contributed by atoms with Gasteiger partial charge in [-0.3, -0.25) is 9.36 Å². The van der Waals surface area contributed by atoms with Crippen LogP contribution in [0.25, 0.3) is 16.7 Å². The SMILES string of the molecule is O=C(Cc1ccc(-n2cnc3ccccc32)cc1)Cc1ccon1. The van der Waals surface area contributed by atoms with Crippen molar-refractivity contribution in [2.75, 3.05) is 0 Å². The zero-order chi connectivity index (χ0) is 16.4. The minimum atomic E-state index is 0.115. The highest BCUT2D eigenvalue weighted by Gasteiger charge is 2.08. The Kier molecular flexibility index (Phi) is 3.67. The van der Waals surface area contributed by atoms with Crippen molar-refractivity contribution < 1.29 is 9.32 Å². The molecule has 0 atom stereocenters. The molecule has 0 saturated heterocycles. The molecule has 0 radical (unpaired) electrons. The molecule has 0 aliphatic heterocycles. The first kappa shape index (κ1) is 14.4. The molecule has 4 rings (SSSR count). The zero-order valence-electron chi connectivity index (χ0n) is 12.9. The molecule has 0 saturated carbocycles. The normalized spacial score (nSPS) is 11.0. The van der Waals surface area contributed by atoms with Crippen LogP contribution >= 0.6 is 0 Å². The van der Waals surface area contributed by atoms with E-state index in [0.717, 1.165) is 22.3 Å². The van der Waals surface area contributed by atoms with E-state index in [2.05, 4.69) is 10.1 Å². The van der Waals surface area contributed by atoms with Crippen LogP contribution in [0.4, 0.5) is 0 Å². The molecule has 0 unspecified atom stereocenters. The zero-order valence-corrected chi connectivity index (χ0v) is 12.9. The van der Waals surface area contributed by atoms with Gasteiger partial charge in [-0.1, -0.05) is 29.4 Å². The molecule has 0 aliphatic carbocycles. The van der Waals surface area contributed by atoms with Crippen LogP contribution in [-0.2, 0) is 17.6 Å². The second-order valence-electron chi connectivity index (χ2n) is 5.65. The third-order valence-electron chi connectivity index (χ3n) is 3.94. The minimum Gasteiger partial charge on any atom is -0.364 e. The van der Waals surface area contributed by atoms with Crippen LogP contribution in [0.5, 0.6) is 0 Å². The second-order valence-corrected chi connectivity index (χ2v) is 5.65. The van der Waals surface area contributed by atoms with Crippen molar-refractivity contribution in [3.63, 3.8) is 0 Å². The van der Waals surface area contributed by atoms with Gasteiger partial charge in [-0.05, 0) is 29.8 Å². The van der Waals surface area contributed by atoms with E-state index in [9.17, 15) is 4.79 Å². The summed E-state index contributed by atoms with van der Waals surface area (Å²) in [5, 5.41) is 3.77. The second kappa shape index (κ2) is 6.12. The van der Waals surface area contributed by atoms with Crippen LogP contribution in [-0.4, -0.2) is 20.5 Å². The van der Waals surface area contributed by atoms with Crippen molar-refractivity contribution in [2.24, 2.45) is 0 Å². The molecular formula is C19H15N3O2. The molecule has 0 amide bonds. The minimum absolute atomic E-state index is 0.115. The fraction of sp³-hybridized carbons (Fsp3) is 0.105. The Morgan fingerprint density at radius 1 is 1.00 bits per heavy atom. The van der Waals surface area contributed by atoms with E-state index in [1.54, 1.807) is 6.07 Å². The van der Waals surface area contributed by atoms with Crippen molar-refractivity contribution in [1.29, 1.82) is 0 Å². The maximum absolute atomic E-state index is 12.1. The first-order chi connectivity index (χ1) is 11.8. The third-order valence-corrected chi connectivity index (χ3v) is 3.94. The smallest absolute Gasteiger partial charge is 0.143 e. The van der Waals surface area contributed by atoms with E-state index in [1.807, 2.05) is 59.4 Å². The maximum atomic E-state index is 12.1. The van der Waals surface area contributed by atoms with Gasteiger partial charge in [0.2, 0.25) is 0 Å². The Hall–Kier alpha value is -3.21. The van der Waals surface area contributed by atoms with E-state index in [1.165, 1.54) is 6.26 Å². The molecule has 2 heterocycles. The molecule has 24 heavy (non-hydrogen) atoms. The van der Waals surface area contributed by atoms with E-state index < -0.39 is 0 Å². The van der Waals surface area contributed by atoms with Crippen LogP contribution < -0.4 is 0 Å². The number of carbonyl (C=O) groups excluding carboxylic acids is 1. The van der Waals surface area contributed by atoms with Gasteiger partial charge in [-0.2, -0.15) is 0 Å². The lowest BCUT2D eigenvalue weighted by Gasteiger charge is -2.06. The number of carbonyl (C=O) groups is 1. The molecule has 2 aromatic heterocycles. The highest BCUT2D eigenvalue weighted by atomic mass is 16.5. The molecule has 5 heteroatoms. The summed E-state index contributed by atoms with van der Waals surface area (Å²) in [5.41, 5.74) is 4.70. The topological polar surface area (TPSA) is 60.9 Å². The van der Waals surface area contributed by atoms with Crippen molar-refractivity contribution in [2.45, 2.75) is 12.8 Å². The lowest BCUT2D eigenvalue weighted by Crippen LogP contribution is -2.06. The molecule has 0 fully saturated rings. The van der Waals surface area contributed by atoms with Gasteiger partial charge in [0, 0.05) is 18.2 Å². The van der Waals surface area contributed by atoms with E-state index in [0.29, 0.717) is 18.5 Å². The van der Waals surface area contributed by atoms with Gasteiger partial charge < -0.3 is 4.52 Å². The molecule has 5 nitrogen and oxygen atoms in total. The lowest BCUT2D eigenvalue weighted by molar-refractivity contribution is -0.117. The van der Waals surface area contributed by atoms with Gasteiger partial charge in [-0.15, -0.1) is 0 Å². The number of rotatable bonds is 5. The first-order valence-electron chi connectivity index (χ1n) is 7.72. The molecular weight excluding hydrogens is 302 g/mol. The van der Waals surface area contributed by atoms with Gasteiger partial charge in [-0.25, -0.2) is 4.98 Å². The number of Topliss-reactive ketones (excluding diaryl/α,β-unsaturated/α-hetero) is 1. The van der Waals surface area contributed by atoms with Crippen molar-refractivity contribution in [3.05, 3.63) is 78.4 Å². The van der Waals surface area contributed by atoms with Crippen molar-refractivity contribution >= 4 is 16.8 Å². The number of para-hydroxylation sites is 2. The third kappa shape index (κ3) is 2.84. The number of fused-ring (bicyclic) bond motifs is 1. The van der Waals surface area contributed by atoms with Gasteiger partial charge in [0.15, 0.2) is 0 Å². The predicted octanol–water partition coefficient (Wildman–Crippen LogP) is 3.37. The summed E-state index contributed by atoms with van der Waals surface area (Å²) < 4.78 is 6.78. The van der Waals surface area contributed by atoms with Crippen LogP contribution in [0.2, 0.25) is 0 Å². The van der Waals surface area contributed by atoms with Crippen LogP contribution in [0.15, 0.2) is 71.7 Å². The first-order valence-corrected chi connectivity index (χ1v) is 7.72. The molecule has 118 valence electrons. The Morgan fingerprint density at radius 3 is 2.62 bits per heavy atom. The standard InChI is InChI=1S/C19H15N3O2/c23-17(12-15-9-10-24-21-15)11-14-5-7-16(8-6-14)22-13-20-18-3-1-2-4-19(18)22/h1-10,13H,11-12H2. The molecule has 0 spiro atoms. The summed E-state index contributed by atoms with van der Waals surface area (Å²) in [6.45, 7) is 0. The maximum Gasteiger partial charge on any atom is 0.143 e. The van der Waals surface area contributed by atoms with E-state index in [4.69, 9.17) is 4.52 Å². The summed E-state index contributed by atoms with van der Waals surface area (Å²) in [4.78, 5) is 16.5. The van der Waals surface area contributed by atoms with E-state index >= 15 is 0 Å². The fourth-order valence-electron chi connectivity index (χ4n) is 2.76. The number of hydrogen-bond acceptors (Lipinski definition) is 4. The Labute approximate surface area is 138 Å². The number of benzene rings is 2.